The van der Waals surface area contributed by atoms with Gasteiger partial charge in [0.1, 0.15) is 0 Å². The highest BCUT2D eigenvalue weighted by atomic mass is 32.1. The smallest absolute Gasteiger partial charge is 0.0965 e. The monoisotopic (exact) mass is 314 g/mol. The van der Waals surface area contributed by atoms with Gasteiger partial charge in [0.15, 0.2) is 0 Å². The van der Waals surface area contributed by atoms with Gasteiger partial charge in [0.25, 0.3) is 0 Å². The van der Waals surface area contributed by atoms with E-state index in [2.05, 4.69) is 59.0 Å². The number of nitrogens with one attached hydrogen (secondary N) is 1. The maximum absolute atomic E-state index is 4.37. The Kier molecular flexibility index (Phi) is 4.80. The molecule has 2 heterocycles. The Labute approximate surface area is 133 Å². The van der Waals surface area contributed by atoms with Crippen molar-refractivity contribution in [1.82, 2.24) is 10.3 Å². The molecule has 2 nitrogen and oxygen atoms in total. The zero-order chi connectivity index (χ0) is 14.5. The molecule has 0 aliphatic heterocycles. The van der Waals surface area contributed by atoms with Crippen LogP contribution in [0, 0.1) is 0 Å². The van der Waals surface area contributed by atoms with E-state index in [9.17, 15) is 0 Å². The van der Waals surface area contributed by atoms with Gasteiger partial charge in [-0.15, -0.1) is 22.7 Å². The summed E-state index contributed by atoms with van der Waals surface area (Å²) < 4.78 is 0. The van der Waals surface area contributed by atoms with Crippen LogP contribution < -0.4 is 5.32 Å². The SMILES string of the molecule is CC(CNCc1cc(-c2ccccc2)cs1)c1nccs1. The first-order valence-electron chi connectivity index (χ1n) is 7.06. The van der Waals surface area contributed by atoms with Crippen LogP contribution in [0.1, 0.15) is 22.7 Å². The number of thiazole rings is 1. The van der Waals surface area contributed by atoms with Gasteiger partial charge in [-0.3, -0.25) is 0 Å². The van der Waals surface area contributed by atoms with Crippen LogP contribution >= 0.6 is 22.7 Å². The average Bonchev–Trinajstić information content (AvgIpc) is 3.20. The zero-order valence-corrected chi connectivity index (χ0v) is 13.6. The van der Waals surface area contributed by atoms with Crippen LogP contribution in [-0.2, 0) is 6.54 Å². The molecule has 1 unspecified atom stereocenters. The normalized spacial score (nSPS) is 12.4. The van der Waals surface area contributed by atoms with Crippen LogP contribution in [0.15, 0.2) is 53.4 Å². The van der Waals surface area contributed by atoms with E-state index < -0.39 is 0 Å². The number of hydrogen-bond donors (Lipinski definition) is 1. The van der Waals surface area contributed by atoms with E-state index in [-0.39, 0.29) is 0 Å². The van der Waals surface area contributed by atoms with Crippen molar-refractivity contribution in [2.45, 2.75) is 19.4 Å². The molecule has 0 aliphatic carbocycles. The molecule has 2 aromatic heterocycles. The van der Waals surface area contributed by atoms with Gasteiger partial charge >= 0.3 is 0 Å². The number of hydrogen-bond acceptors (Lipinski definition) is 4. The zero-order valence-electron chi connectivity index (χ0n) is 12.0. The summed E-state index contributed by atoms with van der Waals surface area (Å²) in [5, 5.41) is 9.01. The second-order valence-electron chi connectivity index (χ2n) is 5.07. The average molecular weight is 314 g/mol. The fourth-order valence-electron chi connectivity index (χ4n) is 2.23. The highest BCUT2D eigenvalue weighted by Gasteiger charge is 2.08. The first-order chi connectivity index (χ1) is 10.3. The van der Waals surface area contributed by atoms with E-state index in [0.717, 1.165) is 13.1 Å². The lowest BCUT2D eigenvalue weighted by Crippen LogP contribution is -2.18. The van der Waals surface area contributed by atoms with Crippen molar-refractivity contribution in [3.8, 4) is 11.1 Å². The van der Waals surface area contributed by atoms with Crippen molar-refractivity contribution in [2.75, 3.05) is 6.54 Å². The van der Waals surface area contributed by atoms with Crippen molar-refractivity contribution in [1.29, 1.82) is 0 Å². The molecule has 0 bridgehead atoms. The minimum atomic E-state index is 0.471. The minimum absolute atomic E-state index is 0.471. The summed E-state index contributed by atoms with van der Waals surface area (Å²) in [6, 6.07) is 12.8. The molecule has 0 aliphatic rings. The van der Waals surface area contributed by atoms with Gasteiger partial charge in [-0.2, -0.15) is 0 Å². The van der Waals surface area contributed by atoms with E-state index in [4.69, 9.17) is 0 Å². The second kappa shape index (κ2) is 6.98. The molecule has 4 heteroatoms. The molecule has 1 atom stereocenters. The van der Waals surface area contributed by atoms with E-state index >= 15 is 0 Å². The van der Waals surface area contributed by atoms with Crippen LogP contribution in [0.25, 0.3) is 11.1 Å². The van der Waals surface area contributed by atoms with E-state index in [1.165, 1.54) is 21.0 Å². The van der Waals surface area contributed by atoms with Gasteiger partial charge in [0, 0.05) is 35.5 Å². The summed E-state index contributed by atoms with van der Waals surface area (Å²) in [6.07, 6.45) is 1.88. The lowest BCUT2D eigenvalue weighted by molar-refractivity contribution is 0.616. The molecule has 0 saturated carbocycles. The van der Waals surface area contributed by atoms with Crippen molar-refractivity contribution in [3.05, 3.63) is 63.2 Å². The second-order valence-corrected chi connectivity index (χ2v) is 6.99. The molecule has 1 N–H and O–H groups in total. The van der Waals surface area contributed by atoms with E-state index in [1.807, 2.05) is 22.9 Å². The predicted molar refractivity (Wildman–Crippen MR) is 92.0 cm³/mol. The quantitative estimate of drug-likeness (QED) is 0.709. The molecule has 3 aromatic rings. The summed E-state index contributed by atoms with van der Waals surface area (Å²) in [5.41, 5.74) is 2.60. The van der Waals surface area contributed by atoms with Crippen LogP contribution in [0.5, 0.6) is 0 Å². The molecular weight excluding hydrogens is 296 g/mol. The lowest BCUT2D eigenvalue weighted by atomic mass is 10.1. The van der Waals surface area contributed by atoms with Crippen LogP contribution in [0.4, 0.5) is 0 Å². The van der Waals surface area contributed by atoms with E-state index in [0.29, 0.717) is 5.92 Å². The van der Waals surface area contributed by atoms with Gasteiger partial charge in [0.2, 0.25) is 0 Å². The van der Waals surface area contributed by atoms with Gasteiger partial charge < -0.3 is 5.32 Å². The van der Waals surface area contributed by atoms with Gasteiger partial charge in [-0.25, -0.2) is 4.98 Å². The molecule has 108 valence electrons. The molecule has 3 rings (SSSR count). The fourth-order valence-corrected chi connectivity index (χ4v) is 3.79. The van der Waals surface area contributed by atoms with Gasteiger partial charge in [-0.1, -0.05) is 37.3 Å². The Balaban J connectivity index is 1.54. The third-order valence-electron chi connectivity index (χ3n) is 3.38. The number of aromatic nitrogens is 1. The lowest BCUT2D eigenvalue weighted by Gasteiger charge is -2.08. The van der Waals surface area contributed by atoms with Crippen molar-refractivity contribution >= 4 is 22.7 Å². The summed E-state index contributed by atoms with van der Waals surface area (Å²) in [5.74, 6) is 0.471. The van der Waals surface area contributed by atoms with E-state index in [1.54, 1.807) is 11.3 Å². The first kappa shape index (κ1) is 14.4. The van der Waals surface area contributed by atoms with Crippen LogP contribution in [0.2, 0.25) is 0 Å². The number of thiophene rings is 1. The highest BCUT2D eigenvalue weighted by molar-refractivity contribution is 7.10. The maximum atomic E-state index is 4.37. The van der Waals surface area contributed by atoms with Crippen molar-refractivity contribution in [2.24, 2.45) is 0 Å². The Morgan fingerprint density at radius 3 is 2.76 bits per heavy atom. The van der Waals surface area contributed by atoms with Crippen LogP contribution in [0.3, 0.4) is 0 Å². The fraction of sp³-hybridized carbons (Fsp3) is 0.235. The van der Waals surface area contributed by atoms with Crippen molar-refractivity contribution < 1.29 is 0 Å². The number of nitrogens with zero attached hydrogens (tertiary/aromatic N) is 1. The molecule has 0 fully saturated rings. The third-order valence-corrected chi connectivity index (χ3v) is 5.33. The molecule has 21 heavy (non-hydrogen) atoms. The number of rotatable bonds is 6. The summed E-state index contributed by atoms with van der Waals surface area (Å²) in [7, 11) is 0. The van der Waals surface area contributed by atoms with Crippen LogP contribution in [-0.4, -0.2) is 11.5 Å². The minimum Gasteiger partial charge on any atom is -0.311 e. The molecule has 0 radical (unpaired) electrons. The number of benzene rings is 1. The highest BCUT2D eigenvalue weighted by Crippen LogP contribution is 2.25. The largest absolute Gasteiger partial charge is 0.311 e. The molecular formula is C17H18N2S2. The molecule has 0 spiro atoms. The molecule has 1 aromatic carbocycles. The first-order valence-corrected chi connectivity index (χ1v) is 8.82. The van der Waals surface area contributed by atoms with Gasteiger partial charge in [-0.05, 0) is 22.6 Å². The van der Waals surface area contributed by atoms with Crippen molar-refractivity contribution in [3.63, 3.8) is 0 Å². The Hall–Kier alpha value is -1.49. The van der Waals surface area contributed by atoms with Gasteiger partial charge in [0.05, 0.1) is 5.01 Å². The Bertz CT molecular complexity index is 659. The summed E-state index contributed by atoms with van der Waals surface area (Å²) >= 11 is 3.55. The standard InChI is InChI=1S/C17H18N2S2/c1-13(17-19-7-8-20-17)10-18-11-16-9-15(12-21-16)14-5-3-2-4-6-14/h2-9,12-13,18H,10-11H2,1H3. The third kappa shape index (κ3) is 3.79. The summed E-state index contributed by atoms with van der Waals surface area (Å²) in [6.45, 7) is 4.11. The Morgan fingerprint density at radius 1 is 1.14 bits per heavy atom. The summed E-state index contributed by atoms with van der Waals surface area (Å²) in [4.78, 5) is 5.74. The maximum Gasteiger partial charge on any atom is 0.0965 e. The topological polar surface area (TPSA) is 24.9 Å². The molecule has 0 amide bonds. The molecule has 0 saturated heterocycles. The predicted octanol–water partition coefficient (Wildman–Crippen LogP) is 4.76. The Morgan fingerprint density at radius 2 is 2.00 bits per heavy atom.